The molecular formula is C7H6F3N5. The molecule has 0 fully saturated rings. The number of hydrogen-bond donors (Lipinski definition) is 1. The molecular weight excluding hydrogens is 211 g/mol. The summed E-state index contributed by atoms with van der Waals surface area (Å²) in [5, 5.41) is 3.69. The van der Waals surface area contributed by atoms with Crippen LogP contribution in [0.3, 0.4) is 0 Å². The summed E-state index contributed by atoms with van der Waals surface area (Å²) in [5.74, 6) is -0.259. The topological polar surface area (TPSA) is 69.1 Å². The fourth-order valence-corrected chi connectivity index (χ4v) is 1.17. The fraction of sp³-hybridized carbons (Fsp3) is 0.286. The number of nitrogens with zero attached hydrogens (tertiary/aromatic N) is 4. The van der Waals surface area contributed by atoms with Gasteiger partial charge in [0.25, 0.3) is 5.78 Å². The van der Waals surface area contributed by atoms with Gasteiger partial charge in [0.15, 0.2) is 0 Å². The first kappa shape index (κ1) is 9.69. The quantitative estimate of drug-likeness (QED) is 0.715. The van der Waals surface area contributed by atoms with E-state index < -0.39 is 11.9 Å². The minimum Gasteiger partial charge on any atom is -0.366 e. The maximum Gasteiger partial charge on any atom is 0.433 e. The van der Waals surface area contributed by atoms with Crippen molar-refractivity contribution in [1.82, 2.24) is 19.6 Å². The lowest BCUT2D eigenvalue weighted by atomic mass is 10.3. The van der Waals surface area contributed by atoms with E-state index in [0.29, 0.717) is 0 Å². The number of aryl methyl sites for hydroxylation is 1. The van der Waals surface area contributed by atoms with Gasteiger partial charge in [0.1, 0.15) is 5.69 Å². The highest BCUT2D eigenvalue weighted by molar-refractivity contribution is 5.36. The van der Waals surface area contributed by atoms with Gasteiger partial charge < -0.3 is 5.73 Å². The molecule has 0 radical (unpaired) electrons. The van der Waals surface area contributed by atoms with Crippen molar-refractivity contribution in [1.29, 1.82) is 0 Å². The molecule has 0 aliphatic rings. The third kappa shape index (κ3) is 1.58. The second-order valence-corrected chi connectivity index (χ2v) is 2.96. The predicted octanol–water partition coefficient (Wildman–Crippen LogP) is 1.03. The van der Waals surface area contributed by atoms with Crippen LogP contribution in [0.15, 0.2) is 6.07 Å². The van der Waals surface area contributed by atoms with Crippen molar-refractivity contribution in [2.45, 2.75) is 13.1 Å². The highest BCUT2D eigenvalue weighted by Gasteiger charge is 2.33. The smallest absolute Gasteiger partial charge is 0.366 e. The molecule has 0 aliphatic carbocycles. The largest absolute Gasteiger partial charge is 0.433 e. The Labute approximate surface area is 81.7 Å². The van der Waals surface area contributed by atoms with Gasteiger partial charge in [-0.25, -0.2) is 4.98 Å². The van der Waals surface area contributed by atoms with E-state index >= 15 is 0 Å². The molecule has 2 heterocycles. The Kier molecular flexibility index (Phi) is 1.82. The van der Waals surface area contributed by atoms with Crippen LogP contribution in [-0.2, 0) is 6.18 Å². The van der Waals surface area contributed by atoms with Crippen LogP contribution >= 0.6 is 0 Å². The number of alkyl halides is 3. The summed E-state index contributed by atoms with van der Waals surface area (Å²) in [7, 11) is 0. The SMILES string of the molecule is Cc1cc(C(F)(F)F)nc2nc(N)nn12. The Balaban J connectivity index is 2.72. The minimum absolute atomic E-state index is 0.107. The van der Waals surface area contributed by atoms with E-state index in [1.807, 2.05) is 0 Å². The molecule has 0 atom stereocenters. The average molecular weight is 217 g/mol. The summed E-state index contributed by atoms with van der Waals surface area (Å²) in [6.45, 7) is 1.47. The first-order valence-corrected chi connectivity index (χ1v) is 3.95. The summed E-state index contributed by atoms with van der Waals surface area (Å²) in [6.07, 6.45) is -4.49. The van der Waals surface area contributed by atoms with Gasteiger partial charge >= 0.3 is 6.18 Å². The molecule has 0 saturated heterocycles. The summed E-state index contributed by atoms with van der Waals surface area (Å²) < 4.78 is 38.2. The minimum atomic E-state index is -4.49. The summed E-state index contributed by atoms with van der Waals surface area (Å²) in [5.41, 5.74) is 4.53. The molecule has 0 aromatic carbocycles. The van der Waals surface area contributed by atoms with E-state index in [1.54, 1.807) is 0 Å². The standard InChI is InChI=1S/C7H6F3N5/c1-3-2-4(7(8,9)10)12-6-13-5(11)14-15(3)6/h2H,1H3,(H2,11,14). The van der Waals surface area contributed by atoms with Crippen LogP contribution in [0.4, 0.5) is 19.1 Å². The monoisotopic (exact) mass is 217 g/mol. The summed E-state index contributed by atoms with van der Waals surface area (Å²) in [4.78, 5) is 6.88. The number of anilines is 1. The Morgan fingerprint density at radius 3 is 2.60 bits per heavy atom. The Morgan fingerprint density at radius 1 is 1.33 bits per heavy atom. The van der Waals surface area contributed by atoms with Gasteiger partial charge in [0.2, 0.25) is 5.95 Å². The van der Waals surface area contributed by atoms with Crippen molar-refractivity contribution in [2.24, 2.45) is 0 Å². The third-order valence-electron chi connectivity index (χ3n) is 1.80. The molecule has 2 N–H and O–H groups in total. The van der Waals surface area contributed by atoms with E-state index in [2.05, 4.69) is 15.1 Å². The van der Waals surface area contributed by atoms with Crippen molar-refractivity contribution < 1.29 is 13.2 Å². The van der Waals surface area contributed by atoms with E-state index in [1.165, 1.54) is 6.92 Å². The van der Waals surface area contributed by atoms with Crippen LogP contribution in [0.5, 0.6) is 0 Å². The molecule has 15 heavy (non-hydrogen) atoms. The lowest BCUT2D eigenvalue weighted by Gasteiger charge is -2.06. The molecule has 2 rings (SSSR count). The lowest BCUT2D eigenvalue weighted by molar-refractivity contribution is -0.141. The molecule has 2 aromatic heterocycles. The van der Waals surface area contributed by atoms with Crippen LogP contribution in [0.25, 0.3) is 5.78 Å². The van der Waals surface area contributed by atoms with Gasteiger partial charge in [-0.1, -0.05) is 0 Å². The van der Waals surface area contributed by atoms with Crippen LogP contribution in [0.1, 0.15) is 11.4 Å². The van der Waals surface area contributed by atoms with Crippen molar-refractivity contribution in [3.8, 4) is 0 Å². The molecule has 0 aliphatic heterocycles. The maximum atomic E-state index is 12.4. The van der Waals surface area contributed by atoms with Gasteiger partial charge in [-0.15, -0.1) is 5.10 Å². The predicted molar refractivity (Wildman–Crippen MR) is 44.9 cm³/mol. The maximum absolute atomic E-state index is 12.4. The third-order valence-corrected chi connectivity index (χ3v) is 1.80. The molecule has 0 unspecified atom stereocenters. The van der Waals surface area contributed by atoms with Crippen molar-refractivity contribution in [2.75, 3.05) is 5.73 Å². The molecule has 0 spiro atoms. The number of nitrogen functional groups attached to an aromatic ring is 1. The van der Waals surface area contributed by atoms with Crippen LogP contribution < -0.4 is 5.73 Å². The Hall–Kier alpha value is -1.86. The second kappa shape index (κ2) is 2.81. The number of fused-ring (bicyclic) bond motifs is 1. The number of halogens is 3. The number of nitrogens with two attached hydrogens (primary N) is 1. The Bertz CT molecular complexity index is 515. The van der Waals surface area contributed by atoms with Gasteiger partial charge in [0.05, 0.1) is 0 Å². The van der Waals surface area contributed by atoms with Gasteiger partial charge in [-0.05, 0) is 13.0 Å². The lowest BCUT2D eigenvalue weighted by Crippen LogP contribution is -2.11. The van der Waals surface area contributed by atoms with Gasteiger partial charge in [-0.3, -0.25) is 0 Å². The van der Waals surface area contributed by atoms with E-state index in [4.69, 9.17) is 5.73 Å². The molecule has 80 valence electrons. The zero-order chi connectivity index (χ0) is 11.2. The number of aromatic nitrogens is 4. The second-order valence-electron chi connectivity index (χ2n) is 2.96. The van der Waals surface area contributed by atoms with Crippen molar-refractivity contribution >= 4 is 11.7 Å². The Morgan fingerprint density at radius 2 is 2.00 bits per heavy atom. The van der Waals surface area contributed by atoms with Crippen LogP contribution in [0, 0.1) is 6.92 Å². The summed E-state index contributed by atoms with van der Waals surface area (Å²) >= 11 is 0. The van der Waals surface area contributed by atoms with Gasteiger partial charge in [-0.2, -0.15) is 22.7 Å². The molecule has 5 nitrogen and oxygen atoms in total. The zero-order valence-corrected chi connectivity index (χ0v) is 7.58. The molecule has 0 saturated carbocycles. The van der Waals surface area contributed by atoms with E-state index in [-0.39, 0.29) is 17.4 Å². The molecule has 0 amide bonds. The highest BCUT2D eigenvalue weighted by atomic mass is 19.4. The zero-order valence-electron chi connectivity index (χ0n) is 7.58. The molecule has 0 bridgehead atoms. The van der Waals surface area contributed by atoms with E-state index in [9.17, 15) is 13.2 Å². The van der Waals surface area contributed by atoms with Gasteiger partial charge in [0, 0.05) is 5.69 Å². The van der Waals surface area contributed by atoms with Crippen molar-refractivity contribution in [3.63, 3.8) is 0 Å². The first-order chi connectivity index (χ1) is 6.88. The first-order valence-electron chi connectivity index (χ1n) is 3.95. The normalized spacial score (nSPS) is 12.3. The van der Waals surface area contributed by atoms with Crippen LogP contribution in [-0.4, -0.2) is 19.6 Å². The molecule has 8 heteroatoms. The number of rotatable bonds is 0. The summed E-state index contributed by atoms with van der Waals surface area (Å²) in [6, 6.07) is 0.890. The van der Waals surface area contributed by atoms with Crippen LogP contribution in [0.2, 0.25) is 0 Å². The fourth-order valence-electron chi connectivity index (χ4n) is 1.17. The average Bonchev–Trinajstić information content (AvgIpc) is 2.44. The van der Waals surface area contributed by atoms with E-state index in [0.717, 1.165) is 10.6 Å². The highest BCUT2D eigenvalue weighted by Crippen LogP contribution is 2.28. The number of hydrogen-bond acceptors (Lipinski definition) is 4. The molecule has 2 aromatic rings. The van der Waals surface area contributed by atoms with Crippen molar-refractivity contribution in [3.05, 3.63) is 17.5 Å².